The number of aliphatic hydroxyl groups excluding tert-OH is 1. The Labute approximate surface area is 84.8 Å². The molecule has 0 aliphatic rings. The molecule has 0 amide bonds. The van der Waals surface area contributed by atoms with Gasteiger partial charge in [0, 0.05) is 0 Å². The highest BCUT2D eigenvalue weighted by Gasteiger charge is 2.35. The largest absolute Gasteiger partial charge is 0.394 e. The quantitative estimate of drug-likeness (QED) is 0.791. The van der Waals surface area contributed by atoms with Crippen LogP contribution in [0.5, 0.6) is 0 Å². The molecular formula is C12H15NO. The predicted molar refractivity (Wildman–Crippen MR) is 55.7 cm³/mol. The van der Waals surface area contributed by atoms with E-state index in [1.165, 1.54) is 0 Å². The molecule has 2 heteroatoms. The van der Waals surface area contributed by atoms with Gasteiger partial charge in [-0.15, -0.1) is 0 Å². The zero-order valence-electron chi connectivity index (χ0n) is 8.57. The third kappa shape index (κ3) is 1.64. The van der Waals surface area contributed by atoms with Gasteiger partial charge in [0.1, 0.15) is 5.41 Å². The van der Waals surface area contributed by atoms with Crippen molar-refractivity contribution in [3.8, 4) is 6.07 Å². The molecule has 0 bridgehead atoms. The molecule has 0 saturated carbocycles. The van der Waals surface area contributed by atoms with Gasteiger partial charge in [-0.2, -0.15) is 5.26 Å². The maximum Gasteiger partial charge on any atom is 0.107 e. The minimum Gasteiger partial charge on any atom is -0.394 e. The Morgan fingerprint density at radius 3 is 2.29 bits per heavy atom. The van der Waals surface area contributed by atoms with E-state index in [0.717, 1.165) is 5.56 Å². The summed E-state index contributed by atoms with van der Waals surface area (Å²) in [5.41, 5.74) is 0.126. The summed E-state index contributed by atoms with van der Waals surface area (Å²) in [4.78, 5) is 0. The smallest absolute Gasteiger partial charge is 0.107 e. The van der Waals surface area contributed by atoms with Gasteiger partial charge in [-0.25, -0.2) is 0 Å². The van der Waals surface area contributed by atoms with Crippen molar-refractivity contribution in [3.63, 3.8) is 0 Å². The van der Waals surface area contributed by atoms with E-state index in [2.05, 4.69) is 6.07 Å². The van der Waals surface area contributed by atoms with Crippen LogP contribution in [0.25, 0.3) is 0 Å². The molecule has 0 unspecified atom stereocenters. The zero-order valence-corrected chi connectivity index (χ0v) is 8.57. The van der Waals surface area contributed by atoms with Gasteiger partial charge in [-0.3, -0.25) is 0 Å². The van der Waals surface area contributed by atoms with Gasteiger partial charge in [-0.05, 0) is 11.5 Å². The van der Waals surface area contributed by atoms with Gasteiger partial charge < -0.3 is 5.11 Å². The van der Waals surface area contributed by atoms with Gasteiger partial charge in [-0.1, -0.05) is 44.2 Å². The number of nitrogens with zero attached hydrogens (tertiary/aromatic N) is 1. The average Bonchev–Trinajstić information content (AvgIpc) is 2.22. The normalized spacial score (nSPS) is 14.8. The van der Waals surface area contributed by atoms with Crippen LogP contribution >= 0.6 is 0 Å². The van der Waals surface area contributed by atoms with Crippen molar-refractivity contribution >= 4 is 0 Å². The third-order valence-electron chi connectivity index (χ3n) is 2.72. The first kappa shape index (κ1) is 10.7. The molecular weight excluding hydrogens is 174 g/mol. The Morgan fingerprint density at radius 2 is 1.93 bits per heavy atom. The van der Waals surface area contributed by atoms with Crippen molar-refractivity contribution in [2.24, 2.45) is 5.92 Å². The van der Waals surface area contributed by atoms with E-state index >= 15 is 0 Å². The number of hydrogen-bond acceptors (Lipinski definition) is 2. The van der Waals surface area contributed by atoms with Crippen LogP contribution in [0.1, 0.15) is 19.4 Å². The Bertz CT molecular complexity index is 326. The van der Waals surface area contributed by atoms with Crippen LogP contribution in [0.3, 0.4) is 0 Å². The molecule has 1 atom stereocenters. The molecule has 0 aliphatic heterocycles. The zero-order chi connectivity index (χ0) is 10.6. The van der Waals surface area contributed by atoms with Gasteiger partial charge >= 0.3 is 0 Å². The fourth-order valence-electron chi connectivity index (χ4n) is 1.57. The summed E-state index contributed by atoms with van der Waals surface area (Å²) in [6.45, 7) is 3.77. The summed E-state index contributed by atoms with van der Waals surface area (Å²) in [6, 6.07) is 11.7. The fraction of sp³-hybridized carbons (Fsp3) is 0.417. The van der Waals surface area contributed by atoms with Crippen LogP contribution < -0.4 is 0 Å². The summed E-state index contributed by atoms with van der Waals surface area (Å²) in [7, 11) is 0. The van der Waals surface area contributed by atoms with Crippen LogP contribution in [0.4, 0.5) is 0 Å². The lowest BCUT2D eigenvalue weighted by atomic mass is 9.73. The molecule has 14 heavy (non-hydrogen) atoms. The van der Waals surface area contributed by atoms with Crippen LogP contribution in [0.2, 0.25) is 0 Å². The first-order valence-corrected chi connectivity index (χ1v) is 4.75. The fourth-order valence-corrected chi connectivity index (χ4v) is 1.57. The van der Waals surface area contributed by atoms with E-state index in [0.29, 0.717) is 0 Å². The van der Waals surface area contributed by atoms with Crippen LogP contribution in [-0.4, -0.2) is 11.7 Å². The summed E-state index contributed by atoms with van der Waals surface area (Å²) >= 11 is 0. The van der Waals surface area contributed by atoms with E-state index in [9.17, 15) is 10.4 Å². The molecule has 1 aromatic carbocycles. The van der Waals surface area contributed by atoms with Crippen LogP contribution in [0, 0.1) is 17.2 Å². The molecule has 0 radical (unpaired) electrons. The summed E-state index contributed by atoms with van der Waals surface area (Å²) in [5, 5.41) is 18.6. The minimum atomic E-state index is -0.763. The highest BCUT2D eigenvalue weighted by atomic mass is 16.3. The number of nitriles is 1. The highest BCUT2D eigenvalue weighted by Crippen LogP contribution is 2.30. The van der Waals surface area contributed by atoms with Crippen molar-refractivity contribution in [3.05, 3.63) is 35.9 Å². The Hall–Kier alpha value is -1.33. The molecule has 1 aromatic rings. The molecule has 74 valence electrons. The van der Waals surface area contributed by atoms with Crippen molar-refractivity contribution < 1.29 is 5.11 Å². The molecule has 1 rings (SSSR count). The number of benzene rings is 1. The SMILES string of the molecule is CC(C)[C@@](C#N)(CO)c1ccccc1. The van der Waals surface area contributed by atoms with Crippen molar-refractivity contribution in [2.75, 3.05) is 6.61 Å². The molecule has 0 spiro atoms. The summed E-state index contributed by atoms with van der Waals surface area (Å²) in [5.74, 6) is 0.0971. The van der Waals surface area contributed by atoms with Crippen molar-refractivity contribution in [1.82, 2.24) is 0 Å². The maximum atomic E-state index is 9.38. The predicted octanol–water partition coefficient (Wildman–Crippen LogP) is 2.10. The third-order valence-corrected chi connectivity index (χ3v) is 2.72. The van der Waals surface area contributed by atoms with Gasteiger partial charge in [0.15, 0.2) is 0 Å². The van der Waals surface area contributed by atoms with E-state index in [-0.39, 0.29) is 12.5 Å². The highest BCUT2D eigenvalue weighted by molar-refractivity contribution is 5.33. The van der Waals surface area contributed by atoms with E-state index in [1.54, 1.807) is 0 Å². The second kappa shape index (κ2) is 4.26. The molecule has 1 N–H and O–H groups in total. The second-order valence-corrected chi connectivity index (χ2v) is 3.76. The molecule has 2 nitrogen and oxygen atoms in total. The number of rotatable bonds is 3. The molecule has 0 aromatic heterocycles. The number of aliphatic hydroxyl groups is 1. The Kier molecular flexibility index (Phi) is 3.27. The number of hydrogen-bond donors (Lipinski definition) is 1. The summed E-state index contributed by atoms with van der Waals surface area (Å²) < 4.78 is 0. The summed E-state index contributed by atoms with van der Waals surface area (Å²) in [6.07, 6.45) is 0. The van der Waals surface area contributed by atoms with Gasteiger partial charge in [0.05, 0.1) is 12.7 Å². The van der Waals surface area contributed by atoms with E-state index < -0.39 is 5.41 Å². The van der Waals surface area contributed by atoms with Crippen LogP contribution in [-0.2, 0) is 5.41 Å². The molecule has 0 fully saturated rings. The molecule has 0 saturated heterocycles. The standard InChI is InChI=1S/C12H15NO/c1-10(2)12(8-13,9-14)11-6-4-3-5-7-11/h3-7,10,14H,9H2,1-2H3/t12-/m1/s1. The lowest BCUT2D eigenvalue weighted by molar-refractivity contribution is 0.192. The first-order valence-electron chi connectivity index (χ1n) is 4.75. The Morgan fingerprint density at radius 1 is 1.36 bits per heavy atom. The maximum absolute atomic E-state index is 9.38. The average molecular weight is 189 g/mol. The van der Waals surface area contributed by atoms with Gasteiger partial charge in [0.25, 0.3) is 0 Å². The minimum absolute atomic E-state index is 0.0971. The lowest BCUT2D eigenvalue weighted by Gasteiger charge is -2.28. The van der Waals surface area contributed by atoms with Crippen molar-refractivity contribution in [1.29, 1.82) is 5.26 Å². The van der Waals surface area contributed by atoms with Crippen LogP contribution in [0.15, 0.2) is 30.3 Å². The Balaban J connectivity index is 3.20. The van der Waals surface area contributed by atoms with E-state index in [1.807, 2.05) is 44.2 Å². The molecule has 0 heterocycles. The molecule has 0 aliphatic carbocycles. The van der Waals surface area contributed by atoms with E-state index in [4.69, 9.17) is 0 Å². The first-order chi connectivity index (χ1) is 6.67. The second-order valence-electron chi connectivity index (χ2n) is 3.76. The monoisotopic (exact) mass is 189 g/mol. The lowest BCUT2D eigenvalue weighted by Crippen LogP contribution is -2.34. The van der Waals surface area contributed by atoms with Crippen molar-refractivity contribution in [2.45, 2.75) is 19.3 Å². The topological polar surface area (TPSA) is 44.0 Å². The van der Waals surface area contributed by atoms with Gasteiger partial charge in [0.2, 0.25) is 0 Å².